The van der Waals surface area contributed by atoms with E-state index in [-0.39, 0.29) is 18.9 Å². The minimum Gasteiger partial charge on any atom is -0.454 e. The molecule has 7 nitrogen and oxygen atoms in total. The number of para-hydroxylation sites is 1. The van der Waals surface area contributed by atoms with Crippen molar-refractivity contribution >= 4 is 22.6 Å². The summed E-state index contributed by atoms with van der Waals surface area (Å²) in [4.78, 5) is 27.4. The molecule has 1 atom stereocenters. The zero-order valence-corrected chi connectivity index (χ0v) is 18.0. The zero-order valence-electron chi connectivity index (χ0n) is 18.0. The lowest BCUT2D eigenvalue weighted by molar-refractivity contribution is 0.0735. The first kappa shape index (κ1) is 19.4. The van der Waals surface area contributed by atoms with Crippen molar-refractivity contribution in [3.63, 3.8) is 0 Å². The summed E-state index contributed by atoms with van der Waals surface area (Å²) in [7, 11) is 1.78. The summed E-state index contributed by atoms with van der Waals surface area (Å²) in [6.45, 7) is 2.06. The van der Waals surface area contributed by atoms with E-state index >= 15 is 0 Å². The number of amides is 1. The third kappa shape index (κ3) is 3.04. The molecule has 0 spiro atoms. The minimum atomic E-state index is -0.422. The van der Waals surface area contributed by atoms with Crippen LogP contribution in [0.2, 0.25) is 0 Å². The quantitative estimate of drug-likeness (QED) is 0.456. The standard InChI is InChI=1S/C26H20N2O5/c1-14-9-17(24-27-20-6-4-3-5-18(20)25(29)28(24)2)10-16-11-19(26(30)33-23(14)16)15-7-8-21-22(12-15)32-13-31-21/h3-12,24,27H,13H2,1-2H3. The number of carbonyl (C=O) groups excluding carboxylic acids is 1. The average Bonchev–Trinajstić information content (AvgIpc) is 3.29. The van der Waals surface area contributed by atoms with E-state index in [1.165, 1.54) is 0 Å². The van der Waals surface area contributed by atoms with Crippen LogP contribution < -0.4 is 20.4 Å². The number of anilines is 1. The van der Waals surface area contributed by atoms with Crippen molar-refractivity contribution in [2.24, 2.45) is 0 Å². The van der Waals surface area contributed by atoms with Gasteiger partial charge in [-0.25, -0.2) is 4.79 Å². The van der Waals surface area contributed by atoms with Crippen LogP contribution in [0, 0.1) is 6.92 Å². The molecule has 4 aromatic rings. The van der Waals surface area contributed by atoms with Gasteiger partial charge in [-0.2, -0.15) is 0 Å². The Morgan fingerprint density at radius 1 is 0.939 bits per heavy atom. The Morgan fingerprint density at radius 3 is 2.64 bits per heavy atom. The van der Waals surface area contributed by atoms with Gasteiger partial charge < -0.3 is 24.1 Å². The van der Waals surface area contributed by atoms with Crippen molar-refractivity contribution in [2.75, 3.05) is 19.2 Å². The first-order chi connectivity index (χ1) is 16.0. The van der Waals surface area contributed by atoms with Gasteiger partial charge in [0.1, 0.15) is 11.7 Å². The second-order valence-corrected chi connectivity index (χ2v) is 8.28. The van der Waals surface area contributed by atoms with Crippen molar-refractivity contribution in [2.45, 2.75) is 13.1 Å². The molecule has 3 aromatic carbocycles. The molecular weight excluding hydrogens is 420 g/mol. The molecule has 1 unspecified atom stereocenters. The predicted molar refractivity (Wildman–Crippen MR) is 124 cm³/mol. The highest BCUT2D eigenvalue weighted by atomic mass is 16.7. The van der Waals surface area contributed by atoms with E-state index in [4.69, 9.17) is 13.9 Å². The zero-order chi connectivity index (χ0) is 22.7. The number of aryl methyl sites for hydroxylation is 1. The van der Waals surface area contributed by atoms with Crippen LogP contribution in [0.1, 0.15) is 27.7 Å². The summed E-state index contributed by atoms with van der Waals surface area (Å²) in [5, 5.41) is 4.23. The largest absolute Gasteiger partial charge is 0.454 e. The van der Waals surface area contributed by atoms with Crippen LogP contribution in [0.4, 0.5) is 5.69 Å². The fourth-order valence-electron chi connectivity index (χ4n) is 4.52. The summed E-state index contributed by atoms with van der Waals surface area (Å²) in [5.41, 5.74) is 4.38. The van der Waals surface area contributed by atoms with Crippen molar-refractivity contribution in [3.05, 3.63) is 87.8 Å². The van der Waals surface area contributed by atoms with E-state index < -0.39 is 5.63 Å². The maximum absolute atomic E-state index is 12.9. The SMILES string of the molecule is Cc1cc(C2Nc3ccccc3C(=O)N2C)cc2cc(-c3ccc4c(c3)OCO4)c(=O)oc12. The molecule has 3 heterocycles. The summed E-state index contributed by atoms with van der Waals surface area (Å²) in [6, 6.07) is 18.6. The number of ether oxygens (including phenoxy) is 2. The summed E-state index contributed by atoms with van der Waals surface area (Å²) in [5.74, 6) is 1.20. The highest BCUT2D eigenvalue weighted by Gasteiger charge is 2.30. The number of fused-ring (bicyclic) bond motifs is 3. The van der Waals surface area contributed by atoms with Crippen molar-refractivity contribution in [1.29, 1.82) is 0 Å². The van der Waals surface area contributed by atoms with Gasteiger partial charge in [-0.1, -0.05) is 18.2 Å². The second-order valence-electron chi connectivity index (χ2n) is 8.28. The van der Waals surface area contributed by atoms with Crippen LogP contribution in [0.15, 0.2) is 69.9 Å². The monoisotopic (exact) mass is 440 g/mol. The van der Waals surface area contributed by atoms with E-state index in [0.717, 1.165) is 22.2 Å². The van der Waals surface area contributed by atoms with Gasteiger partial charge >= 0.3 is 5.63 Å². The van der Waals surface area contributed by atoms with Gasteiger partial charge in [-0.15, -0.1) is 0 Å². The number of hydrogen-bond acceptors (Lipinski definition) is 6. The van der Waals surface area contributed by atoms with Crippen LogP contribution in [0.3, 0.4) is 0 Å². The fourth-order valence-corrected chi connectivity index (χ4v) is 4.52. The maximum Gasteiger partial charge on any atom is 0.344 e. The smallest absolute Gasteiger partial charge is 0.344 e. The van der Waals surface area contributed by atoms with E-state index in [1.807, 2.05) is 55.5 Å². The minimum absolute atomic E-state index is 0.0484. The molecule has 2 aliphatic heterocycles. The van der Waals surface area contributed by atoms with Crippen molar-refractivity contribution < 1.29 is 18.7 Å². The van der Waals surface area contributed by atoms with Gasteiger partial charge in [-0.05, 0) is 66.1 Å². The van der Waals surface area contributed by atoms with Crippen LogP contribution >= 0.6 is 0 Å². The molecule has 7 heteroatoms. The highest BCUT2D eigenvalue weighted by molar-refractivity contribution is 6.01. The van der Waals surface area contributed by atoms with Crippen LogP contribution in [0.5, 0.6) is 11.5 Å². The van der Waals surface area contributed by atoms with Gasteiger partial charge in [0.15, 0.2) is 11.5 Å². The molecule has 1 aromatic heterocycles. The normalized spacial score (nSPS) is 16.6. The van der Waals surface area contributed by atoms with Gasteiger partial charge in [0.25, 0.3) is 5.91 Å². The summed E-state index contributed by atoms with van der Waals surface area (Å²) in [6.07, 6.45) is -0.351. The summed E-state index contributed by atoms with van der Waals surface area (Å²) >= 11 is 0. The molecule has 2 aliphatic rings. The molecule has 33 heavy (non-hydrogen) atoms. The number of hydrogen-bond donors (Lipinski definition) is 1. The number of nitrogens with one attached hydrogen (secondary N) is 1. The molecule has 0 saturated carbocycles. The summed E-state index contributed by atoms with van der Waals surface area (Å²) < 4.78 is 16.5. The van der Waals surface area contributed by atoms with E-state index in [9.17, 15) is 9.59 Å². The molecule has 0 bridgehead atoms. The topological polar surface area (TPSA) is 81.0 Å². The molecule has 164 valence electrons. The number of carbonyl (C=O) groups is 1. The lowest BCUT2D eigenvalue weighted by atomic mass is 9.99. The van der Waals surface area contributed by atoms with E-state index in [0.29, 0.717) is 33.8 Å². The van der Waals surface area contributed by atoms with Gasteiger partial charge in [0, 0.05) is 18.1 Å². The molecular formula is C26H20N2O5. The molecule has 6 rings (SSSR count). The van der Waals surface area contributed by atoms with Gasteiger partial charge in [0.2, 0.25) is 6.79 Å². The van der Waals surface area contributed by atoms with Crippen LogP contribution in [-0.2, 0) is 0 Å². The fraction of sp³-hybridized carbons (Fsp3) is 0.154. The Hall–Kier alpha value is -4.26. The molecule has 1 amide bonds. The Kier molecular flexibility index (Phi) is 4.20. The van der Waals surface area contributed by atoms with Gasteiger partial charge in [0.05, 0.1) is 11.1 Å². The maximum atomic E-state index is 12.9. The molecule has 1 N–H and O–H groups in total. The van der Waals surface area contributed by atoms with Crippen LogP contribution in [0.25, 0.3) is 22.1 Å². The lowest BCUT2D eigenvalue weighted by Crippen LogP contribution is -2.40. The van der Waals surface area contributed by atoms with Crippen molar-refractivity contribution in [3.8, 4) is 22.6 Å². The number of rotatable bonds is 2. The predicted octanol–water partition coefficient (Wildman–Crippen LogP) is 4.69. The number of nitrogens with zero attached hydrogens (tertiary/aromatic N) is 1. The Labute approximate surface area is 189 Å². The highest BCUT2D eigenvalue weighted by Crippen LogP contribution is 2.37. The lowest BCUT2D eigenvalue weighted by Gasteiger charge is -2.35. The second kappa shape index (κ2) is 7.13. The Balaban J connectivity index is 1.47. The first-order valence-electron chi connectivity index (χ1n) is 10.6. The number of benzene rings is 3. The molecule has 0 fully saturated rings. The average molecular weight is 440 g/mol. The first-order valence-corrected chi connectivity index (χ1v) is 10.6. The third-order valence-corrected chi connectivity index (χ3v) is 6.20. The van der Waals surface area contributed by atoms with E-state index in [2.05, 4.69) is 5.32 Å². The Morgan fingerprint density at radius 2 is 1.76 bits per heavy atom. The molecule has 0 saturated heterocycles. The Bertz CT molecular complexity index is 1510. The van der Waals surface area contributed by atoms with Crippen molar-refractivity contribution in [1.82, 2.24) is 4.90 Å². The van der Waals surface area contributed by atoms with Gasteiger partial charge in [-0.3, -0.25) is 4.79 Å². The van der Waals surface area contributed by atoms with Crippen LogP contribution in [-0.4, -0.2) is 24.6 Å². The van der Waals surface area contributed by atoms with E-state index in [1.54, 1.807) is 24.1 Å². The third-order valence-electron chi connectivity index (χ3n) is 6.20. The molecule has 0 radical (unpaired) electrons. The molecule has 0 aliphatic carbocycles.